The molecule has 4 rings (SSSR count). The smallest absolute Gasteiger partial charge is 0.264 e. The summed E-state index contributed by atoms with van der Waals surface area (Å²) in [5.41, 5.74) is 2.35. The molecule has 7 heteroatoms. The van der Waals surface area contributed by atoms with E-state index < -0.39 is 0 Å². The maximum Gasteiger partial charge on any atom is 0.264 e. The van der Waals surface area contributed by atoms with E-state index in [0.29, 0.717) is 38.0 Å². The van der Waals surface area contributed by atoms with Crippen LogP contribution in [0, 0.1) is 0 Å². The average Bonchev–Trinajstić information content (AvgIpc) is 3.08. The van der Waals surface area contributed by atoms with Crippen molar-refractivity contribution in [2.75, 3.05) is 0 Å². The summed E-state index contributed by atoms with van der Waals surface area (Å²) in [6.07, 6.45) is 1.75. The molecule has 0 unspecified atom stereocenters. The molecule has 3 aromatic rings. The fourth-order valence-corrected chi connectivity index (χ4v) is 3.98. The summed E-state index contributed by atoms with van der Waals surface area (Å²) >= 11 is 13.7. The lowest BCUT2D eigenvalue weighted by molar-refractivity contribution is -0.115. The van der Waals surface area contributed by atoms with E-state index in [1.165, 1.54) is 11.8 Å². The van der Waals surface area contributed by atoms with E-state index in [1.807, 2.05) is 54.6 Å². The number of halogens is 2. The van der Waals surface area contributed by atoms with E-state index in [0.717, 1.165) is 11.3 Å². The Morgan fingerprint density at radius 1 is 1.00 bits per heavy atom. The first-order valence-electron chi connectivity index (χ1n) is 9.09. The van der Waals surface area contributed by atoms with Crippen LogP contribution in [0.5, 0.6) is 5.75 Å². The monoisotopic (exact) mass is 454 g/mol. The van der Waals surface area contributed by atoms with E-state index in [4.69, 9.17) is 27.9 Å². The summed E-state index contributed by atoms with van der Waals surface area (Å²) < 4.78 is 5.97. The van der Waals surface area contributed by atoms with Crippen LogP contribution in [-0.2, 0) is 11.4 Å². The maximum atomic E-state index is 12.4. The van der Waals surface area contributed by atoms with Gasteiger partial charge in [0.05, 0.1) is 10.6 Å². The van der Waals surface area contributed by atoms with E-state index in [2.05, 4.69) is 10.3 Å². The van der Waals surface area contributed by atoms with E-state index in [1.54, 1.807) is 24.3 Å². The van der Waals surface area contributed by atoms with E-state index in [9.17, 15) is 4.79 Å². The third-order valence-electron chi connectivity index (χ3n) is 4.24. The number of carbonyl (C=O) groups excluding carboxylic acids is 1. The molecule has 0 radical (unpaired) electrons. The van der Waals surface area contributed by atoms with E-state index >= 15 is 0 Å². The largest absolute Gasteiger partial charge is 0.488 e. The number of carbonyl (C=O) groups is 1. The minimum absolute atomic E-state index is 0.216. The molecule has 1 aliphatic rings. The van der Waals surface area contributed by atoms with Crippen LogP contribution in [0.15, 0.2) is 82.7 Å². The summed E-state index contributed by atoms with van der Waals surface area (Å²) in [5, 5.41) is 4.50. The second-order valence-corrected chi connectivity index (χ2v) is 8.25. The third-order valence-corrected chi connectivity index (χ3v) is 5.75. The van der Waals surface area contributed by atoms with Gasteiger partial charge < -0.3 is 10.1 Å². The van der Waals surface area contributed by atoms with Crippen molar-refractivity contribution >= 4 is 57.8 Å². The Morgan fingerprint density at radius 3 is 2.57 bits per heavy atom. The van der Waals surface area contributed by atoms with Gasteiger partial charge in [-0.1, -0.05) is 59.6 Å². The topological polar surface area (TPSA) is 50.7 Å². The van der Waals surface area contributed by atoms with Crippen molar-refractivity contribution in [1.29, 1.82) is 0 Å². The van der Waals surface area contributed by atoms with Crippen LogP contribution in [0.4, 0.5) is 5.69 Å². The predicted molar refractivity (Wildman–Crippen MR) is 124 cm³/mol. The van der Waals surface area contributed by atoms with Gasteiger partial charge in [0.15, 0.2) is 5.17 Å². The number of amides is 1. The highest BCUT2D eigenvalue weighted by molar-refractivity contribution is 8.18. The van der Waals surface area contributed by atoms with Crippen LogP contribution < -0.4 is 10.1 Å². The molecule has 0 aliphatic carbocycles. The molecule has 4 nitrogen and oxygen atoms in total. The van der Waals surface area contributed by atoms with Gasteiger partial charge in [0, 0.05) is 21.2 Å². The first kappa shape index (κ1) is 20.5. The molecule has 3 aromatic carbocycles. The van der Waals surface area contributed by atoms with Gasteiger partial charge in [-0.05, 0) is 54.2 Å². The first-order chi connectivity index (χ1) is 14.6. The van der Waals surface area contributed by atoms with Crippen molar-refractivity contribution in [2.24, 2.45) is 4.99 Å². The van der Waals surface area contributed by atoms with Gasteiger partial charge in [-0.25, -0.2) is 4.99 Å². The zero-order chi connectivity index (χ0) is 20.9. The van der Waals surface area contributed by atoms with Gasteiger partial charge in [-0.15, -0.1) is 0 Å². The summed E-state index contributed by atoms with van der Waals surface area (Å²) in [6.45, 7) is 0.303. The molecule has 150 valence electrons. The van der Waals surface area contributed by atoms with Crippen molar-refractivity contribution in [3.63, 3.8) is 0 Å². The van der Waals surface area contributed by atoms with Crippen molar-refractivity contribution in [3.8, 4) is 5.75 Å². The third kappa shape index (κ3) is 5.05. The van der Waals surface area contributed by atoms with Gasteiger partial charge >= 0.3 is 0 Å². The molecule has 1 N–H and O–H groups in total. The Balaban J connectivity index is 1.57. The number of amidine groups is 1. The Labute approximate surface area is 188 Å². The maximum absolute atomic E-state index is 12.4. The molecule has 0 aromatic heterocycles. The van der Waals surface area contributed by atoms with Gasteiger partial charge in [0.1, 0.15) is 12.4 Å². The van der Waals surface area contributed by atoms with Crippen LogP contribution in [0.1, 0.15) is 11.1 Å². The van der Waals surface area contributed by atoms with Crippen LogP contribution in [-0.4, -0.2) is 11.1 Å². The number of aliphatic imine (C=N–C) groups is 1. The van der Waals surface area contributed by atoms with E-state index in [-0.39, 0.29) is 5.91 Å². The zero-order valence-electron chi connectivity index (χ0n) is 15.6. The molecule has 1 amide bonds. The number of hydrogen-bond donors (Lipinski definition) is 1. The molecular formula is C23H16Cl2N2O2S. The lowest BCUT2D eigenvalue weighted by Crippen LogP contribution is -2.19. The number of hydrogen-bond acceptors (Lipinski definition) is 4. The second kappa shape index (κ2) is 9.39. The highest BCUT2D eigenvalue weighted by Gasteiger charge is 2.24. The zero-order valence-corrected chi connectivity index (χ0v) is 18.0. The molecule has 0 atom stereocenters. The van der Waals surface area contributed by atoms with Crippen molar-refractivity contribution in [2.45, 2.75) is 6.61 Å². The summed E-state index contributed by atoms with van der Waals surface area (Å²) in [7, 11) is 0. The second-order valence-electron chi connectivity index (χ2n) is 6.38. The Bertz CT molecular complexity index is 1150. The quantitative estimate of drug-likeness (QED) is 0.449. The molecule has 1 saturated heterocycles. The SMILES string of the molecule is O=C1NC(=Nc2ccccc2)S/C1=C\c1cc(Cl)ccc1OCc1ccccc1Cl. The molecular weight excluding hydrogens is 439 g/mol. The fourth-order valence-electron chi connectivity index (χ4n) is 2.78. The number of thioether (sulfide) groups is 1. The molecule has 0 saturated carbocycles. The van der Waals surface area contributed by atoms with Crippen LogP contribution in [0.2, 0.25) is 10.0 Å². The first-order valence-corrected chi connectivity index (χ1v) is 10.7. The molecule has 30 heavy (non-hydrogen) atoms. The van der Waals surface area contributed by atoms with Gasteiger partial charge in [-0.2, -0.15) is 0 Å². The van der Waals surface area contributed by atoms with Crippen molar-refractivity contribution in [1.82, 2.24) is 5.32 Å². The summed E-state index contributed by atoms with van der Waals surface area (Å²) in [4.78, 5) is 17.4. The fraction of sp³-hybridized carbons (Fsp3) is 0.0435. The standard InChI is InChI=1S/C23H16Cl2N2O2S/c24-17-10-11-20(29-14-15-6-4-5-9-19(15)25)16(12-17)13-21-22(28)27-23(30-21)26-18-7-2-1-3-8-18/h1-13H,14H2,(H,26,27,28)/b21-13-. The Hall–Kier alpha value is -2.73. The molecule has 0 spiro atoms. The minimum Gasteiger partial charge on any atom is -0.488 e. The molecule has 1 fully saturated rings. The number of nitrogens with one attached hydrogen (secondary N) is 1. The number of rotatable bonds is 5. The van der Waals surface area contributed by atoms with Crippen molar-refractivity contribution < 1.29 is 9.53 Å². The normalized spacial score (nSPS) is 16.1. The molecule has 1 heterocycles. The summed E-state index contributed by atoms with van der Waals surface area (Å²) in [6, 6.07) is 22.2. The number of para-hydroxylation sites is 1. The lowest BCUT2D eigenvalue weighted by Gasteiger charge is -2.11. The van der Waals surface area contributed by atoms with Crippen LogP contribution in [0.25, 0.3) is 6.08 Å². The minimum atomic E-state index is -0.216. The van der Waals surface area contributed by atoms with Crippen LogP contribution >= 0.6 is 35.0 Å². The molecule has 1 aliphatic heterocycles. The highest BCUT2D eigenvalue weighted by atomic mass is 35.5. The van der Waals surface area contributed by atoms with Gasteiger partial charge in [0.2, 0.25) is 0 Å². The lowest BCUT2D eigenvalue weighted by atomic mass is 10.1. The summed E-state index contributed by atoms with van der Waals surface area (Å²) in [5.74, 6) is 0.389. The highest BCUT2D eigenvalue weighted by Crippen LogP contribution is 2.32. The van der Waals surface area contributed by atoms with Gasteiger partial charge in [-0.3, -0.25) is 4.79 Å². The molecule has 0 bridgehead atoms. The van der Waals surface area contributed by atoms with Crippen molar-refractivity contribution in [3.05, 3.63) is 98.9 Å². The predicted octanol–water partition coefficient (Wildman–Crippen LogP) is 6.46. The number of ether oxygens (including phenoxy) is 1. The van der Waals surface area contributed by atoms with Crippen LogP contribution in [0.3, 0.4) is 0 Å². The van der Waals surface area contributed by atoms with Gasteiger partial charge in [0.25, 0.3) is 5.91 Å². The average molecular weight is 455 g/mol. The number of benzene rings is 3. The Kier molecular flexibility index (Phi) is 6.43. The number of nitrogens with zero attached hydrogens (tertiary/aromatic N) is 1. The Morgan fingerprint density at radius 2 is 1.77 bits per heavy atom.